The van der Waals surface area contributed by atoms with Gasteiger partial charge in [-0.2, -0.15) is 0 Å². The van der Waals surface area contributed by atoms with Crippen LogP contribution >= 0.6 is 0 Å². The van der Waals surface area contributed by atoms with Crippen molar-refractivity contribution in [2.24, 2.45) is 5.92 Å². The van der Waals surface area contributed by atoms with Crippen LogP contribution < -0.4 is 9.62 Å². The molecule has 0 aliphatic rings. The monoisotopic (exact) mass is 382 g/mol. The van der Waals surface area contributed by atoms with E-state index in [1.165, 1.54) is 4.31 Å². The second-order valence-electron chi connectivity index (χ2n) is 7.90. The lowest BCUT2D eigenvalue weighted by molar-refractivity contribution is -0.119. The van der Waals surface area contributed by atoms with Crippen LogP contribution in [-0.2, 0) is 14.8 Å². The lowest BCUT2D eigenvalue weighted by atomic mass is 9.92. The Kier molecular flexibility index (Phi) is 8.13. The van der Waals surface area contributed by atoms with E-state index in [2.05, 4.69) is 19.2 Å². The highest BCUT2D eigenvalue weighted by Crippen LogP contribution is 2.36. The Morgan fingerprint density at radius 2 is 1.54 bits per heavy atom. The maximum absolute atomic E-state index is 12.5. The van der Waals surface area contributed by atoms with Gasteiger partial charge in [0.2, 0.25) is 15.9 Å². The molecule has 0 aliphatic carbocycles. The van der Waals surface area contributed by atoms with E-state index in [0.717, 1.165) is 23.8 Å². The van der Waals surface area contributed by atoms with Crippen LogP contribution in [-0.4, -0.2) is 33.7 Å². The highest BCUT2D eigenvalue weighted by molar-refractivity contribution is 7.92. The first kappa shape index (κ1) is 22.5. The third kappa shape index (κ3) is 6.31. The lowest BCUT2D eigenvalue weighted by Gasteiger charge is -2.29. The van der Waals surface area contributed by atoms with Gasteiger partial charge in [0.1, 0.15) is 6.54 Å². The Morgan fingerprint density at radius 3 is 1.92 bits per heavy atom. The van der Waals surface area contributed by atoms with Gasteiger partial charge in [-0.05, 0) is 35.3 Å². The van der Waals surface area contributed by atoms with Crippen LogP contribution in [0, 0.1) is 5.92 Å². The SMILES string of the molecule is CC(C)CCNC(=O)CN(c1c(C(C)C)cccc1C(C)C)S(C)(=O)=O. The molecule has 148 valence electrons. The van der Waals surface area contributed by atoms with Gasteiger partial charge in [0, 0.05) is 6.54 Å². The number of para-hydroxylation sites is 1. The molecule has 0 heterocycles. The summed E-state index contributed by atoms with van der Waals surface area (Å²) in [4.78, 5) is 12.4. The van der Waals surface area contributed by atoms with Crippen LogP contribution in [0.25, 0.3) is 0 Å². The van der Waals surface area contributed by atoms with E-state index in [9.17, 15) is 13.2 Å². The summed E-state index contributed by atoms with van der Waals surface area (Å²) in [7, 11) is -3.59. The van der Waals surface area contributed by atoms with Crippen molar-refractivity contribution in [2.75, 3.05) is 23.7 Å². The van der Waals surface area contributed by atoms with Gasteiger partial charge >= 0.3 is 0 Å². The van der Waals surface area contributed by atoms with Gasteiger partial charge in [-0.3, -0.25) is 9.10 Å². The normalized spacial score (nSPS) is 12.1. The molecule has 0 fully saturated rings. The van der Waals surface area contributed by atoms with Crippen LogP contribution in [0.2, 0.25) is 0 Å². The van der Waals surface area contributed by atoms with E-state index in [-0.39, 0.29) is 24.3 Å². The zero-order valence-corrected chi connectivity index (χ0v) is 18.0. The Hall–Kier alpha value is -1.56. The number of nitrogens with one attached hydrogen (secondary N) is 1. The second kappa shape index (κ2) is 9.40. The molecule has 0 saturated heterocycles. The van der Waals surface area contributed by atoms with Crippen molar-refractivity contribution in [1.29, 1.82) is 0 Å². The van der Waals surface area contributed by atoms with E-state index >= 15 is 0 Å². The molecule has 0 aliphatic heterocycles. The topological polar surface area (TPSA) is 66.5 Å². The van der Waals surface area contributed by atoms with Gasteiger partial charge in [0.25, 0.3) is 0 Å². The maximum atomic E-state index is 12.5. The minimum Gasteiger partial charge on any atom is -0.355 e. The van der Waals surface area contributed by atoms with Crippen LogP contribution in [0.3, 0.4) is 0 Å². The van der Waals surface area contributed by atoms with Crippen molar-refractivity contribution in [3.8, 4) is 0 Å². The zero-order valence-electron chi connectivity index (χ0n) is 17.2. The molecule has 0 spiro atoms. The Morgan fingerprint density at radius 1 is 1.04 bits per heavy atom. The van der Waals surface area contributed by atoms with Crippen molar-refractivity contribution in [2.45, 2.75) is 59.8 Å². The van der Waals surface area contributed by atoms with E-state index in [4.69, 9.17) is 0 Å². The molecule has 1 aromatic rings. The summed E-state index contributed by atoms with van der Waals surface area (Å²) in [5.41, 5.74) is 2.53. The molecule has 0 aromatic heterocycles. The smallest absolute Gasteiger partial charge is 0.240 e. The van der Waals surface area contributed by atoms with E-state index in [1.807, 2.05) is 45.9 Å². The number of sulfonamides is 1. The van der Waals surface area contributed by atoms with E-state index < -0.39 is 10.0 Å². The minimum absolute atomic E-state index is 0.150. The lowest BCUT2D eigenvalue weighted by Crippen LogP contribution is -2.41. The number of hydrogen-bond acceptors (Lipinski definition) is 3. The molecule has 1 rings (SSSR count). The molecule has 0 radical (unpaired) electrons. The van der Waals surface area contributed by atoms with Crippen molar-refractivity contribution in [3.63, 3.8) is 0 Å². The van der Waals surface area contributed by atoms with Crippen LogP contribution in [0.4, 0.5) is 5.69 Å². The highest BCUT2D eigenvalue weighted by atomic mass is 32.2. The van der Waals surface area contributed by atoms with Crippen molar-refractivity contribution in [1.82, 2.24) is 5.32 Å². The largest absolute Gasteiger partial charge is 0.355 e. The van der Waals surface area contributed by atoms with Gasteiger partial charge in [-0.1, -0.05) is 59.7 Å². The van der Waals surface area contributed by atoms with Gasteiger partial charge in [0.15, 0.2) is 0 Å². The molecule has 26 heavy (non-hydrogen) atoms. The summed E-state index contributed by atoms with van der Waals surface area (Å²) in [5, 5.41) is 2.84. The first-order valence-corrected chi connectivity index (χ1v) is 11.2. The summed E-state index contributed by atoms with van der Waals surface area (Å²) >= 11 is 0. The summed E-state index contributed by atoms with van der Waals surface area (Å²) in [6, 6.07) is 5.85. The van der Waals surface area contributed by atoms with Gasteiger partial charge in [0.05, 0.1) is 11.9 Å². The molecule has 1 N–H and O–H groups in total. The molecular formula is C20H34N2O3S. The van der Waals surface area contributed by atoms with Crippen LogP contribution in [0.5, 0.6) is 0 Å². The van der Waals surface area contributed by atoms with Gasteiger partial charge in [-0.25, -0.2) is 8.42 Å². The highest BCUT2D eigenvalue weighted by Gasteiger charge is 2.27. The molecule has 0 atom stereocenters. The number of rotatable bonds is 9. The average molecular weight is 383 g/mol. The number of carbonyl (C=O) groups is 1. The Balaban J connectivity index is 3.28. The molecule has 1 amide bonds. The van der Waals surface area contributed by atoms with Crippen LogP contribution in [0.15, 0.2) is 18.2 Å². The minimum atomic E-state index is -3.59. The maximum Gasteiger partial charge on any atom is 0.240 e. The van der Waals surface area contributed by atoms with E-state index in [0.29, 0.717) is 18.2 Å². The summed E-state index contributed by atoms with van der Waals surface area (Å²) in [6.45, 7) is 12.7. The number of hydrogen-bond donors (Lipinski definition) is 1. The zero-order chi connectivity index (χ0) is 20.1. The standard InChI is InChI=1S/C20H34N2O3S/c1-14(2)11-12-21-19(23)13-22(26(7,24)25)20-17(15(3)4)9-8-10-18(20)16(5)6/h8-10,14-16H,11-13H2,1-7H3,(H,21,23). The number of amides is 1. The molecule has 5 nitrogen and oxygen atoms in total. The summed E-state index contributed by atoms with van der Waals surface area (Å²) in [6.07, 6.45) is 2.03. The quantitative estimate of drug-likeness (QED) is 0.705. The summed E-state index contributed by atoms with van der Waals surface area (Å²) in [5.74, 6) is 0.508. The fraction of sp³-hybridized carbons (Fsp3) is 0.650. The first-order chi connectivity index (χ1) is 11.9. The fourth-order valence-corrected chi connectivity index (χ4v) is 3.74. The Labute approximate surface area is 159 Å². The number of anilines is 1. The van der Waals surface area contributed by atoms with Crippen molar-refractivity contribution in [3.05, 3.63) is 29.3 Å². The predicted molar refractivity (Wildman–Crippen MR) is 109 cm³/mol. The number of benzene rings is 1. The third-order valence-corrected chi connectivity index (χ3v) is 5.44. The summed E-state index contributed by atoms with van der Waals surface area (Å²) < 4.78 is 26.4. The van der Waals surface area contributed by atoms with Crippen LogP contribution in [0.1, 0.15) is 70.9 Å². The molecule has 0 saturated carbocycles. The molecule has 0 unspecified atom stereocenters. The first-order valence-electron chi connectivity index (χ1n) is 9.32. The Bertz CT molecular complexity index is 684. The molecule has 0 bridgehead atoms. The predicted octanol–water partition coefficient (Wildman–Crippen LogP) is 3.86. The third-order valence-electron chi connectivity index (χ3n) is 4.32. The fourth-order valence-electron chi connectivity index (χ4n) is 2.85. The second-order valence-corrected chi connectivity index (χ2v) is 9.80. The molecular weight excluding hydrogens is 348 g/mol. The molecule has 6 heteroatoms. The van der Waals surface area contributed by atoms with E-state index in [1.54, 1.807) is 0 Å². The average Bonchev–Trinajstić information content (AvgIpc) is 2.50. The van der Waals surface area contributed by atoms with Crippen molar-refractivity contribution < 1.29 is 13.2 Å². The van der Waals surface area contributed by atoms with Gasteiger partial charge < -0.3 is 5.32 Å². The molecule has 1 aromatic carbocycles. The van der Waals surface area contributed by atoms with Gasteiger partial charge in [-0.15, -0.1) is 0 Å². The van der Waals surface area contributed by atoms with Crippen molar-refractivity contribution >= 4 is 21.6 Å². The number of carbonyl (C=O) groups excluding carboxylic acids is 1. The number of nitrogens with zero attached hydrogens (tertiary/aromatic N) is 1.